The summed E-state index contributed by atoms with van der Waals surface area (Å²) in [5.74, 6) is 0.770. The SMILES string of the molecule is O=[N+]([O-])c1c(NCCOc2ccccc2)ccc2ncccc12. The molecule has 0 saturated heterocycles. The van der Waals surface area contributed by atoms with Crippen molar-refractivity contribution in [2.24, 2.45) is 0 Å². The van der Waals surface area contributed by atoms with E-state index in [1.165, 1.54) is 0 Å². The first-order valence-corrected chi connectivity index (χ1v) is 7.19. The third kappa shape index (κ3) is 3.37. The zero-order chi connectivity index (χ0) is 16.1. The van der Waals surface area contributed by atoms with E-state index in [1.807, 2.05) is 30.3 Å². The fraction of sp³-hybridized carbons (Fsp3) is 0.118. The molecule has 2 aromatic carbocycles. The number of nitro groups is 1. The highest BCUT2D eigenvalue weighted by atomic mass is 16.6. The van der Waals surface area contributed by atoms with Gasteiger partial charge in [0.1, 0.15) is 18.0 Å². The lowest BCUT2D eigenvalue weighted by atomic mass is 10.1. The predicted molar refractivity (Wildman–Crippen MR) is 88.8 cm³/mol. The highest BCUT2D eigenvalue weighted by molar-refractivity contribution is 5.94. The van der Waals surface area contributed by atoms with Gasteiger partial charge in [-0.05, 0) is 36.4 Å². The molecule has 0 aliphatic rings. The van der Waals surface area contributed by atoms with E-state index in [1.54, 1.807) is 30.5 Å². The van der Waals surface area contributed by atoms with Crippen LogP contribution in [0.5, 0.6) is 5.75 Å². The summed E-state index contributed by atoms with van der Waals surface area (Å²) in [6.07, 6.45) is 1.62. The fourth-order valence-corrected chi connectivity index (χ4v) is 2.35. The number of para-hydroxylation sites is 1. The lowest BCUT2D eigenvalue weighted by Crippen LogP contribution is -2.12. The number of hydrogen-bond donors (Lipinski definition) is 1. The molecule has 0 fully saturated rings. The molecule has 116 valence electrons. The Balaban J connectivity index is 1.72. The lowest BCUT2D eigenvalue weighted by molar-refractivity contribution is -0.382. The molecule has 0 unspecified atom stereocenters. The van der Waals surface area contributed by atoms with E-state index in [2.05, 4.69) is 10.3 Å². The quantitative estimate of drug-likeness (QED) is 0.427. The van der Waals surface area contributed by atoms with Gasteiger partial charge in [-0.2, -0.15) is 0 Å². The van der Waals surface area contributed by atoms with Crippen LogP contribution in [-0.4, -0.2) is 23.1 Å². The molecule has 1 aromatic heterocycles. The van der Waals surface area contributed by atoms with Gasteiger partial charge in [0.15, 0.2) is 0 Å². The molecule has 0 spiro atoms. The van der Waals surface area contributed by atoms with Crippen LogP contribution in [0.1, 0.15) is 0 Å². The molecule has 0 atom stereocenters. The Kier molecular flexibility index (Phi) is 4.33. The smallest absolute Gasteiger partial charge is 0.301 e. The minimum atomic E-state index is -0.385. The number of nitrogens with zero attached hydrogens (tertiary/aromatic N) is 2. The van der Waals surface area contributed by atoms with Gasteiger partial charge in [-0.1, -0.05) is 18.2 Å². The van der Waals surface area contributed by atoms with Gasteiger partial charge in [-0.25, -0.2) is 0 Å². The normalized spacial score (nSPS) is 10.4. The van der Waals surface area contributed by atoms with Gasteiger partial charge in [-0.15, -0.1) is 0 Å². The molecule has 23 heavy (non-hydrogen) atoms. The van der Waals surface area contributed by atoms with Crippen LogP contribution in [0.25, 0.3) is 10.9 Å². The fourth-order valence-electron chi connectivity index (χ4n) is 2.35. The Morgan fingerprint density at radius 1 is 1.09 bits per heavy atom. The van der Waals surface area contributed by atoms with Crippen molar-refractivity contribution in [3.05, 3.63) is 70.9 Å². The summed E-state index contributed by atoms with van der Waals surface area (Å²) < 4.78 is 5.57. The van der Waals surface area contributed by atoms with Crippen LogP contribution in [0.3, 0.4) is 0 Å². The summed E-state index contributed by atoms with van der Waals surface area (Å²) in [5, 5.41) is 15.0. The molecular formula is C17H15N3O3. The Morgan fingerprint density at radius 3 is 2.70 bits per heavy atom. The van der Waals surface area contributed by atoms with E-state index in [0.717, 1.165) is 5.75 Å². The van der Waals surface area contributed by atoms with Crippen molar-refractivity contribution in [1.29, 1.82) is 0 Å². The first kappa shape index (κ1) is 14.8. The van der Waals surface area contributed by atoms with E-state index in [4.69, 9.17) is 4.74 Å². The molecule has 6 nitrogen and oxygen atoms in total. The van der Waals surface area contributed by atoms with Gasteiger partial charge < -0.3 is 10.1 Å². The van der Waals surface area contributed by atoms with E-state index in [0.29, 0.717) is 29.7 Å². The highest BCUT2D eigenvalue weighted by Gasteiger charge is 2.18. The number of rotatable bonds is 6. The van der Waals surface area contributed by atoms with E-state index in [9.17, 15) is 10.1 Å². The molecule has 6 heteroatoms. The second kappa shape index (κ2) is 6.74. The average Bonchev–Trinajstić information content (AvgIpc) is 2.59. The van der Waals surface area contributed by atoms with E-state index < -0.39 is 0 Å². The van der Waals surface area contributed by atoms with E-state index >= 15 is 0 Å². The molecule has 1 N–H and O–H groups in total. The summed E-state index contributed by atoms with van der Waals surface area (Å²) in [6.45, 7) is 0.869. The van der Waals surface area contributed by atoms with Crippen LogP contribution in [0.4, 0.5) is 11.4 Å². The molecule has 0 radical (unpaired) electrons. The van der Waals surface area contributed by atoms with Crippen LogP contribution in [0.2, 0.25) is 0 Å². The number of pyridine rings is 1. The Hall–Kier alpha value is -3.15. The molecule has 0 aliphatic carbocycles. The topological polar surface area (TPSA) is 77.3 Å². The second-order valence-corrected chi connectivity index (χ2v) is 4.88. The number of anilines is 1. The van der Waals surface area contributed by atoms with Crippen molar-refractivity contribution in [3.8, 4) is 5.75 Å². The zero-order valence-corrected chi connectivity index (χ0v) is 12.3. The Bertz CT molecular complexity index is 822. The van der Waals surface area contributed by atoms with Gasteiger partial charge in [0, 0.05) is 12.7 Å². The zero-order valence-electron chi connectivity index (χ0n) is 12.3. The van der Waals surface area contributed by atoms with Crippen molar-refractivity contribution >= 4 is 22.3 Å². The number of fused-ring (bicyclic) bond motifs is 1. The Labute approximate surface area is 132 Å². The largest absolute Gasteiger partial charge is 0.492 e. The number of hydrogen-bond acceptors (Lipinski definition) is 5. The molecule has 0 bridgehead atoms. The summed E-state index contributed by atoms with van der Waals surface area (Å²) in [6, 6.07) is 16.3. The standard InChI is InChI=1S/C17H15N3O3/c21-20(22)17-14-7-4-10-18-15(14)8-9-16(17)19-11-12-23-13-5-2-1-3-6-13/h1-10,19H,11-12H2. The molecule has 3 rings (SSSR count). The van der Waals surface area contributed by atoms with Crippen LogP contribution in [0.15, 0.2) is 60.8 Å². The van der Waals surface area contributed by atoms with Crippen LogP contribution in [0, 0.1) is 10.1 Å². The van der Waals surface area contributed by atoms with Crippen molar-refractivity contribution in [2.45, 2.75) is 0 Å². The van der Waals surface area contributed by atoms with Gasteiger partial charge in [0.2, 0.25) is 0 Å². The van der Waals surface area contributed by atoms with Gasteiger partial charge in [0.05, 0.1) is 15.8 Å². The molecule has 0 saturated carbocycles. The van der Waals surface area contributed by atoms with Crippen molar-refractivity contribution in [3.63, 3.8) is 0 Å². The van der Waals surface area contributed by atoms with Crippen molar-refractivity contribution in [1.82, 2.24) is 4.98 Å². The number of aromatic nitrogens is 1. The van der Waals surface area contributed by atoms with Gasteiger partial charge in [-0.3, -0.25) is 15.1 Å². The number of nitrogens with one attached hydrogen (secondary N) is 1. The highest BCUT2D eigenvalue weighted by Crippen LogP contribution is 2.32. The maximum absolute atomic E-state index is 11.4. The summed E-state index contributed by atoms with van der Waals surface area (Å²) in [7, 11) is 0. The van der Waals surface area contributed by atoms with Crippen LogP contribution < -0.4 is 10.1 Å². The Morgan fingerprint density at radius 2 is 1.91 bits per heavy atom. The maximum atomic E-state index is 11.4. The summed E-state index contributed by atoms with van der Waals surface area (Å²) in [4.78, 5) is 15.2. The van der Waals surface area contributed by atoms with Crippen molar-refractivity contribution < 1.29 is 9.66 Å². The first-order chi connectivity index (χ1) is 11.3. The van der Waals surface area contributed by atoms with Gasteiger partial charge >= 0.3 is 5.69 Å². The first-order valence-electron chi connectivity index (χ1n) is 7.19. The number of nitro benzene ring substituents is 1. The molecule has 0 aliphatic heterocycles. The van der Waals surface area contributed by atoms with Crippen molar-refractivity contribution in [2.75, 3.05) is 18.5 Å². The lowest BCUT2D eigenvalue weighted by Gasteiger charge is -2.10. The summed E-state index contributed by atoms with van der Waals surface area (Å²) in [5.41, 5.74) is 1.10. The molecule has 0 amide bonds. The molecule has 1 heterocycles. The molecular weight excluding hydrogens is 294 g/mol. The third-order valence-electron chi connectivity index (χ3n) is 3.37. The predicted octanol–water partition coefficient (Wildman–Crippen LogP) is 3.63. The number of benzene rings is 2. The monoisotopic (exact) mass is 309 g/mol. The van der Waals surface area contributed by atoms with Crippen LogP contribution >= 0.6 is 0 Å². The minimum absolute atomic E-state index is 0.0373. The van der Waals surface area contributed by atoms with Crippen LogP contribution in [-0.2, 0) is 0 Å². The second-order valence-electron chi connectivity index (χ2n) is 4.88. The average molecular weight is 309 g/mol. The van der Waals surface area contributed by atoms with Gasteiger partial charge in [0.25, 0.3) is 0 Å². The van der Waals surface area contributed by atoms with E-state index in [-0.39, 0.29) is 10.6 Å². The summed E-state index contributed by atoms with van der Waals surface area (Å²) >= 11 is 0. The third-order valence-corrected chi connectivity index (χ3v) is 3.37. The maximum Gasteiger partial charge on any atom is 0.301 e. The minimum Gasteiger partial charge on any atom is -0.492 e. The molecule has 3 aromatic rings. The number of ether oxygens (including phenoxy) is 1.